The zero-order chi connectivity index (χ0) is 9.84. The number of nitrogens with zero attached hydrogens (tertiary/aromatic N) is 1. The lowest BCUT2D eigenvalue weighted by Crippen LogP contribution is -2.41. The molecule has 1 rings (SSSR count). The molecule has 0 saturated carbocycles. The van der Waals surface area contributed by atoms with Gasteiger partial charge in [0.2, 0.25) is 0 Å². The second-order valence-electron chi connectivity index (χ2n) is 2.38. The number of rotatable bonds is 2. The number of hydrogen-bond acceptors (Lipinski definition) is 3. The van der Waals surface area contributed by atoms with Gasteiger partial charge in [-0.1, -0.05) is 12.1 Å². The lowest BCUT2D eigenvalue weighted by molar-refractivity contribution is 0.254. The third-order valence-electron chi connectivity index (χ3n) is 1.58. The molecule has 70 valence electrons. The van der Waals surface area contributed by atoms with Crippen molar-refractivity contribution in [3.63, 3.8) is 0 Å². The summed E-state index contributed by atoms with van der Waals surface area (Å²) in [4.78, 5) is 10.7. The molecule has 4 N–H and O–H groups in total. The van der Waals surface area contributed by atoms with Crippen LogP contribution in [0.2, 0.25) is 0 Å². The van der Waals surface area contributed by atoms with Gasteiger partial charge in [-0.15, -0.1) is 0 Å². The van der Waals surface area contributed by atoms with Gasteiger partial charge in [-0.05, 0) is 12.1 Å². The van der Waals surface area contributed by atoms with Crippen LogP contribution < -0.4 is 21.3 Å². The molecule has 0 aliphatic heterocycles. The second-order valence-corrected chi connectivity index (χ2v) is 2.38. The van der Waals surface area contributed by atoms with Crippen molar-refractivity contribution in [2.24, 2.45) is 11.6 Å². The zero-order valence-corrected chi connectivity index (χ0v) is 7.23. The van der Waals surface area contributed by atoms with Crippen LogP contribution in [0, 0.1) is 0 Å². The number of benzene rings is 1. The Balaban J connectivity index is 3.05. The molecule has 2 amide bonds. The van der Waals surface area contributed by atoms with E-state index < -0.39 is 6.03 Å². The van der Waals surface area contributed by atoms with Crippen molar-refractivity contribution in [2.45, 2.75) is 0 Å². The van der Waals surface area contributed by atoms with Gasteiger partial charge in [-0.2, -0.15) is 0 Å². The fourth-order valence-corrected chi connectivity index (χ4v) is 0.948. The summed E-state index contributed by atoms with van der Waals surface area (Å²) >= 11 is 0. The van der Waals surface area contributed by atoms with Crippen LogP contribution in [0.3, 0.4) is 0 Å². The maximum atomic E-state index is 10.7. The first kappa shape index (κ1) is 9.34. The van der Waals surface area contributed by atoms with Crippen LogP contribution in [0.5, 0.6) is 5.75 Å². The molecule has 0 fully saturated rings. The van der Waals surface area contributed by atoms with Gasteiger partial charge in [0.05, 0.1) is 7.11 Å². The molecule has 13 heavy (non-hydrogen) atoms. The number of primary amides is 1. The van der Waals surface area contributed by atoms with Crippen LogP contribution in [0.1, 0.15) is 0 Å². The van der Waals surface area contributed by atoms with E-state index in [4.69, 9.17) is 16.3 Å². The predicted octanol–water partition coefficient (Wildman–Crippen LogP) is 0.454. The summed E-state index contributed by atoms with van der Waals surface area (Å²) in [5, 5.41) is 0.832. The number of urea groups is 1. The van der Waals surface area contributed by atoms with Crippen LogP contribution >= 0.6 is 0 Å². The molecule has 0 heterocycles. The molecule has 0 spiro atoms. The average Bonchev–Trinajstić information content (AvgIpc) is 2.16. The highest BCUT2D eigenvalue weighted by atomic mass is 16.5. The Hall–Kier alpha value is -1.75. The molecular formula is C8H11N3O2. The first-order valence-corrected chi connectivity index (χ1v) is 3.64. The van der Waals surface area contributed by atoms with Crippen molar-refractivity contribution in [1.29, 1.82) is 0 Å². The normalized spacial score (nSPS) is 9.38. The summed E-state index contributed by atoms with van der Waals surface area (Å²) in [5.74, 6) is 5.90. The summed E-state index contributed by atoms with van der Waals surface area (Å²) in [6.45, 7) is 0. The highest BCUT2D eigenvalue weighted by molar-refractivity contribution is 5.91. The standard InChI is InChI=1S/C8H11N3O2/c1-13-7-5-3-2-4-6(7)11(10)8(9)12/h2-5H,10H2,1H3,(H2,9,12). The molecule has 5 heteroatoms. The SMILES string of the molecule is COc1ccccc1N(N)C(N)=O. The van der Waals surface area contributed by atoms with Crippen LogP contribution in [0.15, 0.2) is 24.3 Å². The number of hydrazine groups is 1. The lowest BCUT2D eigenvalue weighted by atomic mass is 10.3. The topological polar surface area (TPSA) is 81.6 Å². The highest BCUT2D eigenvalue weighted by Crippen LogP contribution is 2.25. The molecule has 0 aliphatic carbocycles. The van der Waals surface area contributed by atoms with E-state index in [1.807, 2.05) is 0 Å². The van der Waals surface area contributed by atoms with E-state index in [1.54, 1.807) is 24.3 Å². The van der Waals surface area contributed by atoms with Crippen molar-refractivity contribution in [3.05, 3.63) is 24.3 Å². The number of carbonyl (C=O) groups excluding carboxylic acids is 1. The Morgan fingerprint density at radius 1 is 1.46 bits per heavy atom. The number of amides is 2. The highest BCUT2D eigenvalue weighted by Gasteiger charge is 2.11. The van der Waals surface area contributed by atoms with E-state index in [0.29, 0.717) is 11.4 Å². The van der Waals surface area contributed by atoms with E-state index in [9.17, 15) is 4.79 Å². The van der Waals surface area contributed by atoms with Crippen molar-refractivity contribution in [2.75, 3.05) is 12.1 Å². The molecule has 0 unspecified atom stereocenters. The van der Waals surface area contributed by atoms with E-state index in [2.05, 4.69) is 0 Å². The van der Waals surface area contributed by atoms with Crippen LogP contribution in [0.25, 0.3) is 0 Å². The van der Waals surface area contributed by atoms with E-state index in [-0.39, 0.29) is 0 Å². The summed E-state index contributed by atoms with van der Waals surface area (Å²) in [6.07, 6.45) is 0. The fraction of sp³-hybridized carbons (Fsp3) is 0.125. The number of carbonyl (C=O) groups is 1. The van der Waals surface area contributed by atoms with Crippen molar-refractivity contribution >= 4 is 11.7 Å². The molecule has 0 aliphatic rings. The molecule has 0 saturated heterocycles. The summed E-state index contributed by atoms with van der Waals surface area (Å²) in [6, 6.07) is 6.11. The Morgan fingerprint density at radius 3 is 2.62 bits per heavy atom. The first-order valence-electron chi connectivity index (χ1n) is 3.64. The Morgan fingerprint density at radius 2 is 2.08 bits per heavy atom. The van der Waals surface area contributed by atoms with Gasteiger partial charge < -0.3 is 10.5 Å². The van der Waals surface area contributed by atoms with Crippen molar-refractivity contribution < 1.29 is 9.53 Å². The van der Waals surface area contributed by atoms with Gasteiger partial charge in [0.25, 0.3) is 0 Å². The smallest absolute Gasteiger partial charge is 0.333 e. The Labute approximate surface area is 75.8 Å². The molecule has 0 atom stereocenters. The van der Waals surface area contributed by atoms with Gasteiger partial charge in [0.1, 0.15) is 11.4 Å². The van der Waals surface area contributed by atoms with Gasteiger partial charge in [0.15, 0.2) is 0 Å². The van der Waals surface area contributed by atoms with E-state index in [0.717, 1.165) is 5.01 Å². The number of methoxy groups -OCH3 is 1. The van der Waals surface area contributed by atoms with Gasteiger partial charge in [-0.25, -0.2) is 15.6 Å². The minimum absolute atomic E-state index is 0.442. The number of anilines is 1. The summed E-state index contributed by atoms with van der Waals surface area (Å²) < 4.78 is 4.99. The molecule has 0 radical (unpaired) electrons. The predicted molar refractivity (Wildman–Crippen MR) is 49.2 cm³/mol. The third-order valence-corrected chi connectivity index (χ3v) is 1.58. The average molecular weight is 181 g/mol. The minimum atomic E-state index is -0.732. The number of nitrogens with two attached hydrogens (primary N) is 2. The Bertz CT molecular complexity index is 314. The molecule has 0 aromatic heterocycles. The summed E-state index contributed by atoms with van der Waals surface area (Å²) in [5.41, 5.74) is 5.44. The van der Waals surface area contributed by atoms with Crippen LogP contribution in [0.4, 0.5) is 10.5 Å². The van der Waals surface area contributed by atoms with Gasteiger partial charge in [0, 0.05) is 0 Å². The monoisotopic (exact) mass is 181 g/mol. The first-order chi connectivity index (χ1) is 6.16. The van der Waals surface area contributed by atoms with E-state index in [1.165, 1.54) is 7.11 Å². The minimum Gasteiger partial charge on any atom is -0.495 e. The largest absolute Gasteiger partial charge is 0.495 e. The van der Waals surface area contributed by atoms with Crippen LogP contribution in [-0.2, 0) is 0 Å². The van der Waals surface area contributed by atoms with E-state index >= 15 is 0 Å². The number of hydrogen-bond donors (Lipinski definition) is 2. The molecular weight excluding hydrogens is 170 g/mol. The molecule has 1 aromatic carbocycles. The second kappa shape index (κ2) is 3.77. The van der Waals surface area contributed by atoms with Gasteiger partial charge in [-0.3, -0.25) is 0 Å². The number of para-hydroxylation sites is 2. The summed E-state index contributed by atoms with van der Waals surface area (Å²) in [7, 11) is 1.49. The molecule has 1 aromatic rings. The maximum absolute atomic E-state index is 10.7. The Kier molecular flexibility index (Phi) is 2.71. The van der Waals surface area contributed by atoms with Gasteiger partial charge >= 0.3 is 6.03 Å². The quantitative estimate of drug-likeness (QED) is 0.395. The number of ether oxygens (including phenoxy) is 1. The molecule has 0 bridgehead atoms. The van der Waals surface area contributed by atoms with Crippen molar-refractivity contribution in [3.8, 4) is 5.75 Å². The van der Waals surface area contributed by atoms with Crippen molar-refractivity contribution in [1.82, 2.24) is 0 Å². The zero-order valence-electron chi connectivity index (χ0n) is 7.23. The maximum Gasteiger partial charge on any atom is 0.333 e. The molecule has 5 nitrogen and oxygen atoms in total. The lowest BCUT2D eigenvalue weighted by Gasteiger charge is -2.16. The fourth-order valence-electron chi connectivity index (χ4n) is 0.948. The third kappa shape index (κ3) is 1.88. The van der Waals surface area contributed by atoms with Crippen LogP contribution in [-0.4, -0.2) is 13.1 Å².